The van der Waals surface area contributed by atoms with Crippen molar-refractivity contribution in [3.63, 3.8) is 0 Å². The first kappa shape index (κ1) is 21.9. The summed E-state index contributed by atoms with van der Waals surface area (Å²) < 4.78 is 33.6. The van der Waals surface area contributed by atoms with Crippen LogP contribution in [0.4, 0.5) is 11.4 Å². The van der Waals surface area contributed by atoms with E-state index in [1.165, 1.54) is 12.1 Å². The fourth-order valence-electron chi connectivity index (χ4n) is 3.89. The molecule has 0 bridgehead atoms. The Morgan fingerprint density at radius 3 is 2.47 bits per heavy atom. The van der Waals surface area contributed by atoms with Gasteiger partial charge < -0.3 is 9.64 Å². The van der Waals surface area contributed by atoms with Gasteiger partial charge in [0.2, 0.25) is 0 Å². The number of sulfonamides is 1. The number of fused-ring (bicyclic) bond motifs is 1. The number of rotatable bonds is 6. The van der Waals surface area contributed by atoms with Crippen LogP contribution in [-0.4, -0.2) is 27.0 Å². The van der Waals surface area contributed by atoms with Crippen LogP contribution in [0.15, 0.2) is 71.6 Å². The third-order valence-electron chi connectivity index (χ3n) is 5.73. The van der Waals surface area contributed by atoms with Gasteiger partial charge in [0.25, 0.3) is 15.9 Å². The molecule has 1 aliphatic rings. The number of hydrogen-bond donors (Lipinski definition) is 1. The van der Waals surface area contributed by atoms with Crippen molar-refractivity contribution in [1.29, 1.82) is 0 Å². The Morgan fingerprint density at radius 1 is 1.03 bits per heavy atom. The number of carbonyl (C=O) groups excluding carboxylic acids is 1. The molecular weight excluding hydrogens is 424 g/mol. The van der Waals surface area contributed by atoms with Crippen molar-refractivity contribution < 1.29 is 17.9 Å². The van der Waals surface area contributed by atoms with Crippen LogP contribution in [0.3, 0.4) is 0 Å². The summed E-state index contributed by atoms with van der Waals surface area (Å²) in [5.41, 5.74) is 4.69. The molecule has 0 fully saturated rings. The molecule has 1 N–H and O–H groups in total. The molecule has 7 heteroatoms. The molecule has 4 rings (SSSR count). The second-order valence-electron chi connectivity index (χ2n) is 8.11. The van der Waals surface area contributed by atoms with Crippen molar-refractivity contribution in [2.24, 2.45) is 0 Å². The number of hydrogen-bond acceptors (Lipinski definition) is 4. The van der Waals surface area contributed by atoms with Crippen LogP contribution >= 0.6 is 0 Å². The molecule has 3 aromatic carbocycles. The molecule has 1 unspecified atom stereocenters. The summed E-state index contributed by atoms with van der Waals surface area (Å²) in [5, 5.41) is 0. The Kier molecular flexibility index (Phi) is 5.93. The second-order valence-corrected chi connectivity index (χ2v) is 9.79. The Balaban J connectivity index is 1.40. The molecule has 0 radical (unpaired) electrons. The van der Waals surface area contributed by atoms with Gasteiger partial charge in [-0.05, 0) is 86.3 Å². The fraction of sp³-hybridized carbons (Fsp3) is 0.240. The Hall–Kier alpha value is -3.32. The smallest absolute Gasteiger partial charge is 0.265 e. The van der Waals surface area contributed by atoms with Gasteiger partial charge in [0.1, 0.15) is 5.75 Å². The van der Waals surface area contributed by atoms with E-state index in [-0.39, 0.29) is 23.5 Å². The molecule has 0 aliphatic carbocycles. The first-order valence-corrected chi connectivity index (χ1v) is 12.0. The number of nitrogens with zero attached hydrogens (tertiary/aromatic N) is 1. The quantitative estimate of drug-likeness (QED) is 0.602. The van der Waals surface area contributed by atoms with Crippen molar-refractivity contribution in [3.8, 4) is 5.75 Å². The average Bonchev–Trinajstić information content (AvgIpc) is 3.10. The third kappa shape index (κ3) is 4.48. The maximum Gasteiger partial charge on any atom is 0.265 e. The Bertz CT molecular complexity index is 1250. The third-order valence-corrected chi connectivity index (χ3v) is 7.13. The molecular formula is C25H26N2O4S. The maximum atomic E-state index is 12.8. The number of benzene rings is 3. The monoisotopic (exact) mass is 450 g/mol. The molecule has 0 aromatic heterocycles. The van der Waals surface area contributed by atoms with Crippen molar-refractivity contribution in [3.05, 3.63) is 83.4 Å². The zero-order chi connectivity index (χ0) is 22.9. The fourth-order valence-corrected chi connectivity index (χ4v) is 4.94. The lowest BCUT2D eigenvalue weighted by atomic mass is 10.1. The molecule has 0 saturated heterocycles. The summed E-state index contributed by atoms with van der Waals surface area (Å²) in [5.74, 6) is 0.305. The van der Waals surface area contributed by atoms with Gasteiger partial charge in [0.05, 0.1) is 4.90 Å². The number of ether oxygens (including phenoxy) is 1. The Morgan fingerprint density at radius 2 is 1.75 bits per heavy atom. The van der Waals surface area contributed by atoms with Crippen LogP contribution in [0.25, 0.3) is 0 Å². The van der Waals surface area contributed by atoms with Crippen molar-refractivity contribution >= 4 is 27.3 Å². The van der Waals surface area contributed by atoms with Gasteiger partial charge in [-0.25, -0.2) is 8.42 Å². The molecule has 1 heterocycles. The second kappa shape index (κ2) is 8.67. The van der Waals surface area contributed by atoms with Gasteiger partial charge in [-0.2, -0.15) is 0 Å². The zero-order valence-electron chi connectivity index (χ0n) is 18.3. The molecule has 3 aromatic rings. The summed E-state index contributed by atoms with van der Waals surface area (Å²) in [4.78, 5) is 14.7. The minimum Gasteiger partial charge on any atom is -0.484 e. The van der Waals surface area contributed by atoms with Crippen molar-refractivity contribution in [2.75, 3.05) is 16.2 Å². The molecule has 0 saturated carbocycles. The van der Waals surface area contributed by atoms with E-state index in [0.717, 1.165) is 28.8 Å². The van der Waals surface area contributed by atoms with Gasteiger partial charge in [-0.3, -0.25) is 9.52 Å². The van der Waals surface area contributed by atoms with E-state index in [1.54, 1.807) is 29.2 Å². The van der Waals surface area contributed by atoms with E-state index >= 15 is 0 Å². The molecule has 32 heavy (non-hydrogen) atoms. The average molecular weight is 451 g/mol. The Labute approximate surface area is 188 Å². The predicted octanol–water partition coefficient (Wildman–Crippen LogP) is 4.46. The van der Waals surface area contributed by atoms with Gasteiger partial charge in [0, 0.05) is 17.4 Å². The standard InChI is InChI=1S/C25H26N2O4S/c1-17-8-9-21(14-18(17)2)26-32(29,30)23-12-10-22(11-13-23)31-16-25(28)27-19(3)15-20-6-4-5-7-24(20)27/h4-14,19,26H,15-16H2,1-3H3. The number of carbonyl (C=O) groups is 1. The molecule has 1 aliphatic heterocycles. The van der Waals surface area contributed by atoms with E-state index in [2.05, 4.69) is 4.72 Å². The number of aryl methyl sites for hydroxylation is 2. The molecule has 1 atom stereocenters. The van der Waals surface area contributed by atoms with Crippen LogP contribution in [0.2, 0.25) is 0 Å². The van der Waals surface area contributed by atoms with Gasteiger partial charge in [-0.15, -0.1) is 0 Å². The van der Waals surface area contributed by atoms with Crippen LogP contribution in [-0.2, 0) is 21.2 Å². The summed E-state index contributed by atoms with van der Waals surface area (Å²) in [6.07, 6.45) is 0.821. The number of nitrogens with one attached hydrogen (secondary N) is 1. The first-order valence-electron chi connectivity index (χ1n) is 10.5. The number of anilines is 2. The summed E-state index contributed by atoms with van der Waals surface area (Å²) in [6.45, 7) is 5.80. The summed E-state index contributed by atoms with van der Waals surface area (Å²) in [7, 11) is -3.73. The SMILES string of the molecule is Cc1ccc(NS(=O)(=O)c2ccc(OCC(=O)N3c4ccccc4CC3C)cc2)cc1C. The minimum atomic E-state index is -3.73. The topological polar surface area (TPSA) is 75.7 Å². The van der Waals surface area contributed by atoms with Crippen LogP contribution in [0, 0.1) is 13.8 Å². The van der Waals surface area contributed by atoms with Crippen LogP contribution in [0.1, 0.15) is 23.6 Å². The molecule has 166 valence electrons. The maximum absolute atomic E-state index is 12.8. The normalized spacial score (nSPS) is 15.3. The number of amides is 1. The highest BCUT2D eigenvalue weighted by atomic mass is 32.2. The van der Waals surface area contributed by atoms with E-state index in [9.17, 15) is 13.2 Å². The summed E-state index contributed by atoms with van der Waals surface area (Å²) in [6, 6.07) is 19.4. The molecule has 1 amide bonds. The number of para-hydroxylation sites is 1. The van der Waals surface area contributed by atoms with Crippen LogP contribution in [0.5, 0.6) is 5.75 Å². The zero-order valence-corrected chi connectivity index (χ0v) is 19.1. The largest absolute Gasteiger partial charge is 0.484 e. The highest BCUT2D eigenvalue weighted by Crippen LogP contribution is 2.32. The highest BCUT2D eigenvalue weighted by Gasteiger charge is 2.30. The lowest BCUT2D eigenvalue weighted by Gasteiger charge is -2.22. The van der Waals surface area contributed by atoms with Crippen molar-refractivity contribution in [2.45, 2.75) is 38.1 Å². The minimum absolute atomic E-state index is 0.0764. The highest BCUT2D eigenvalue weighted by molar-refractivity contribution is 7.92. The van der Waals surface area contributed by atoms with E-state index in [0.29, 0.717) is 11.4 Å². The first-order chi connectivity index (χ1) is 15.2. The van der Waals surface area contributed by atoms with E-state index in [4.69, 9.17) is 4.74 Å². The lowest BCUT2D eigenvalue weighted by molar-refractivity contribution is -0.120. The van der Waals surface area contributed by atoms with E-state index in [1.807, 2.05) is 51.1 Å². The lowest BCUT2D eigenvalue weighted by Crippen LogP contribution is -2.39. The summed E-state index contributed by atoms with van der Waals surface area (Å²) >= 11 is 0. The molecule has 0 spiro atoms. The van der Waals surface area contributed by atoms with E-state index < -0.39 is 10.0 Å². The molecule has 6 nitrogen and oxygen atoms in total. The van der Waals surface area contributed by atoms with Crippen LogP contribution < -0.4 is 14.4 Å². The predicted molar refractivity (Wildman–Crippen MR) is 126 cm³/mol. The van der Waals surface area contributed by atoms with Gasteiger partial charge in [-0.1, -0.05) is 24.3 Å². The van der Waals surface area contributed by atoms with Gasteiger partial charge in [0.15, 0.2) is 6.61 Å². The van der Waals surface area contributed by atoms with Gasteiger partial charge >= 0.3 is 0 Å². The van der Waals surface area contributed by atoms with Crippen molar-refractivity contribution in [1.82, 2.24) is 0 Å².